The molecule has 1 spiro atoms. The predicted octanol–water partition coefficient (Wildman–Crippen LogP) is 3.57. The third-order valence-corrected chi connectivity index (χ3v) is 5.76. The third kappa shape index (κ3) is 2.43. The van der Waals surface area contributed by atoms with E-state index in [-0.39, 0.29) is 5.60 Å². The second kappa shape index (κ2) is 6.13. The lowest BCUT2D eigenvalue weighted by molar-refractivity contribution is -0.0794. The van der Waals surface area contributed by atoms with E-state index in [1.54, 1.807) is 0 Å². The predicted molar refractivity (Wildman–Crippen MR) is 99.4 cm³/mol. The molecular formula is C20H24N4O2. The van der Waals surface area contributed by atoms with E-state index in [2.05, 4.69) is 51.3 Å². The zero-order valence-corrected chi connectivity index (χ0v) is 15.1. The smallest absolute Gasteiger partial charge is 0.318 e. The molecule has 0 saturated carbocycles. The summed E-state index contributed by atoms with van der Waals surface area (Å²) in [7, 11) is 0. The molecule has 3 aromatic rings. The Morgan fingerprint density at radius 3 is 2.88 bits per heavy atom. The molecule has 0 radical (unpaired) electrons. The highest BCUT2D eigenvalue weighted by Crippen LogP contribution is 2.43. The molecule has 136 valence electrons. The molecule has 0 amide bonds. The quantitative estimate of drug-likeness (QED) is 0.780. The summed E-state index contributed by atoms with van der Waals surface area (Å²) in [5, 5.41) is 9.73. The highest BCUT2D eigenvalue weighted by molar-refractivity contribution is 5.85. The maximum atomic E-state index is 6.37. The van der Waals surface area contributed by atoms with Crippen molar-refractivity contribution in [3.63, 3.8) is 0 Å². The minimum absolute atomic E-state index is 0.213. The Kier molecular flexibility index (Phi) is 3.74. The van der Waals surface area contributed by atoms with E-state index >= 15 is 0 Å². The molecular weight excluding hydrogens is 328 g/mol. The van der Waals surface area contributed by atoms with Gasteiger partial charge < -0.3 is 19.0 Å². The molecule has 1 saturated heterocycles. The Balaban J connectivity index is 1.41. The molecule has 0 aliphatic carbocycles. The fraction of sp³-hybridized carbons (Fsp3) is 0.500. The van der Waals surface area contributed by atoms with Gasteiger partial charge in [-0.2, -0.15) is 0 Å². The number of aromatic amines is 1. The van der Waals surface area contributed by atoms with E-state index in [1.807, 2.05) is 0 Å². The van der Waals surface area contributed by atoms with Gasteiger partial charge in [-0.05, 0) is 37.3 Å². The Morgan fingerprint density at radius 1 is 1.19 bits per heavy atom. The molecule has 1 fully saturated rings. The van der Waals surface area contributed by atoms with Crippen LogP contribution < -0.4 is 4.90 Å². The summed E-state index contributed by atoms with van der Waals surface area (Å²) in [4.78, 5) is 5.85. The van der Waals surface area contributed by atoms with Gasteiger partial charge in [-0.25, -0.2) is 0 Å². The third-order valence-electron chi connectivity index (χ3n) is 5.76. The van der Waals surface area contributed by atoms with Gasteiger partial charge in [0.15, 0.2) is 0 Å². The van der Waals surface area contributed by atoms with Crippen LogP contribution in [0.1, 0.15) is 43.3 Å². The van der Waals surface area contributed by atoms with Crippen molar-refractivity contribution in [3.05, 3.63) is 41.4 Å². The lowest BCUT2D eigenvalue weighted by atomic mass is 9.83. The summed E-state index contributed by atoms with van der Waals surface area (Å²) in [6.45, 7) is 4.63. The van der Waals surface area contributed by atoms with Crippen molar-refractivity contribution in [2.24, 2.45) is 0 Å². The minimum Gasteiger partial charge on any atom is -0.408 e. The number of hydrogen-bond donors (Lipinski definition) is 1. The van der Waals surface area contributed by atoms with E-state index in [0.29, 0.717) is 6.01 Å². The second-order valence-corrected chi connectivity index (χ2v) is 7.33. The molecule has 2 aliphatic rings. The molecule has 1 aromatic carbocycles. The summed E-state index contributed by atoms with van der Waals surface area (Å²) in [5.74, 6) is 0.731. The molecule has 5 rings (SSSR count). The molecule has 0 unspecified atom stereocenters. The highest BCUT2D eigenvalue weighted by atomic mass is 16.5. The van der Waals surface area contributed by atoms with Crippen LogP contribution in [-0.2, 0) is 23.2 Å². The van der Waals surface area contributed by atoms with Crippen LogP contribution in [0.2, 0.25) is 0 Å². The molecule has 4 heterocycles. The Morgan fingerprint density at radius 2 is 2.04 bits per heavy atom. The molecule has 2 aliphatic heterocycles. The van der Waals surface area contributed by atoms with Gasteiger partial charge in [0.05, 0.1) is 12.3 Å². The van der Waals surface area contributed by atoms with E-state index < -0.39 is 0 Å². The number of nitrogens with zero attached hydrogens (tertiary/aromatic N) is 3. The first-order valence-electron chi connectivity index (χ1n) is 9.60. The first-order valence-corrected chi connectivity index (χ1v) is 9.60. The van der Waals surface area contributed by atoms with Crippen molar-refractivity contribution in [2.45, 2.75) is 44.6 Å². The number of piperidine rings is 1. The van der Waals surface area contributed by atoms with Crippen LogP contribution in [0.5, 0.6) is 0 Å². The number of H-pyrrole nitrogens is 1. The lowest BCUT2D eigenvalue weighted by Crippen LogP contribution is -2.47. The summed E-state index contributed by atoms with van der Waals surface area (Å²) < 4.78 is 12.2. The number of fused-ring (bicyclic) bond motifs is 4. The number of anilines is 1. The van der Waals surface area contributed by atoms with Crippen molar-refractivity contribution < 1.29 is 9.15 Å². The van der Waals surface area contributed by atoms with Gasteiger partial charge in [-0.15, -0.1) is 5.10 Å². The van der Waals surface area contributed by atoms with Crippen LogP contribution in [-0.4, -0.2) is 34.9 Å². The number of benzene rings is 1. The molecule has 2 aromatic heterocycles. The number of rotatable bonds is 3. The van der Waals surface area contributed by atoms with Crippen LogP contribution in [0, 0.1) is 0 Å². The van der Waals surface area contributed by atoms with Crippen molar-refractivity contribution in [3.8, 4) is 0 Å². The second-order valence-electron chi connectivity index (χ2n) is 7.33. The van der Waals surface area contributed by atoms with Gasteiger partial charge in [-0.1, -0.05) is 30.2 Å². The van der Waals surface area contributed by atoms with Crippen molar-refractivity contribution in [2.75, 3.05) is 24.6 Å². The van der Waals surface area contributed by atoms with E-state index in [4.69, 9.17) is 9.15 Å². The lowest BCUT2D eigenvalue weighted by Gasteiger charge is -2.43. The molecule has 6 nitrogen and oxygen atoms in total. The first kappa shape index (κ1) is 15.9. The van der Waals surface area contributed by atoms with Crippen LogP contribution in [0.15, 0.2) is 28.7 Å². The first-order chi connectivity index (χ1) is 12.8. The van der Waals surface area contributed by atoms with Gasteiger partial charge in [0.2, 0.25) is 5.89 Å². The van der Waals surface area contributed by atoms with E-state index in [0.717, 1.165) is 57.7 Å². The molecule has 1 N–H and O–H groups in total. The summed E-state index contributed by atoms with van der Waals surface area (Å²) >= 11 is 0. The monoisotopic (exact) mass is 352 g/mol. The van der Waals surface area contributed by atoms with Crippen LogP contribution >= 0.6 is 0 Å². The van der Waals surface area contributed by atoms with Gasteiger partial charge in [-0.3, -0.25) is 0 Å². The summed E-state index contributed by atoms with van der Waals surface area (Å²) in [5.41, 5.74) is 3.71. The van der Waals surface area contributed by atoms with Crippen molar-refractivity contribution in [1.29, 1.82) is 0 Å². The molecule has 0 bridgehead atoms. The maximum Gasteiger partial charge on any atom is 0.318 e. The number of para-hydroxylation sites is 1. The Labute approximate surface area is 152 Å². The number of aromatic nitrogens is 3. The normalized spacial score (nSPS) is 19.2. The Hall–Kier alpha value is -2.34. The number of nitrogens with one attached hydrogen (secondary N) is 1. The van der Waals surface area contributed by atoms with E-state index in [1.165, 1.54) is 22.2 Å². The fourth-order valence-electron chi connectivity index (χ4n) is 4.41. The fourth-order valence-corrected chi connectivity index (χ4v) is 4.41. The van der Waals surface area contributed by atoms with Crippen LogP contribution in [0.3, 0.4) is 0 Å². The molecule has 26 heavy (non-hydrogen) atoms. The SMILES string of the molecule is CCCc1nnc(N2CCC3(CC2)OCCc2c3[nH]c3ccccc23)o1. The van der Waals surface area contributed by atoms with Crippen LogP contribution in [0.25, 0.3) is 10.9 Å². The van der Waals surface area contributed by atoms with Gasteiger partial charge >= 0.3 is 6.01 Å². The summed E-state index contributed by atoms with van der Waals surface area (Å²) in [6.07, 6.45) is 4.69. The van der Waals surface area contributed by atoms with Crippen molar-refractivity contribution in [1.82, 2.24) is 15.2 Å². The Bertz CT molecular complexity index is 921. The molecule has 0 atom stereocenters. The van der Waals surface area contributed by atoms with Gasteiger partial charge in [0.25, 0.3) is 0 Å². The number of ether oxygens (including phenoxy) is 1. The number of aryl methyl sites for hydroxylation is 1. The van der Waals surface area contributed by atoms with Crippen molar-refractivity contribution >= 4 is 16.9 Å². The van der Waals surface area contributed by atoms with Gasteiger partial charge in [0, 0.05) is 30.4 Å². The highest BCUT2D eigenvalue weighted by Gasteiger charge is 2.43. The zero-order valence-electron chi connectivity index (χ0n) is 15.1. The summed E-state index contributed by atoms with van der Waals surface area (Å²) in [6, 6.07) is 9.22. The minimum atomic E-state index is -0.213. The van der Waals surface area contributed by atoms with E-state index in [9.17, 15) is 0 Å². The average molecular weight is 352 g/mol. The zero-order chi connectivity index (χ0) is 17.6. The average Bonchev–Trinajstić information content (AvgIpc) is 3.29. The standard InChI is InChI=1S/C20H24N4O2/c1-2-5-17-22-23-19(26-17)24-11-9-20(10-12-24)18-15(8-13-25-20)14-6-3-4-7-16(14)21-18/h3-4,6-7,21H,2,5,8-13H2,1H3. The number of hydrogen-bond acceptors (Lipinski definition) is 5. The topological polar surface area (TPSA) is 67.2 Å². The largest absolute Gasteiger partial charge is 0.408 e. The molecule has 6 heteroatoms. The maximum absolute atomic E-state index is 6.37. The van der Waals surface area contributed by atoms with Gasteiger partial charge in [0.1, 0.15) is 5.60 Å². The van der Waals surface area contributed by atoms with Crippen LogP contribution in [0.4, 0.5) is 6.01 Å².